The summed E-state index contributed by atoms with van der Waals surface area (Å²) in [5.41, 5.74) is 5.14. The molecule has 0 heterocycles. The number of carbonyl (C=O) groups excluding carboxylic acids is 2. The van der Waals surface area contributed by atoms with Gasteiger partial charge in [-0.3, -0.25) is 4.79 Å². The summed E-state index contributed by atoms with van der Waals surface area (Å²) in [5.74, 6) is -0.0824. The molecule has 0 aromatic carbocycles. The van der Waals surface area contributed by atoms with Crippen molar-refractivity contribution in [2.75, 3.05) is 6.61 Å². The van der Waals surface area contributed by atoms with Crippen LogP contribution in [0.25, 0.3) is 0 Å². The molecule has 4 atom stereocenters. The molecule has 6 nitrogen and oxygen atoms in total. The fraction of sp³-hybridized carbons (Fsp3) is 0.857. The van der Waals surface area contributed by atoms with Crippen LogP contribution in [0.3, 0.4) is 0 Å². The highest BCUT2D eigenvalue weighted by Gasteiger charge is 2.30. The number of hydrogen-bond donors (Lipinski definition) is 4. The standard InChI is InChI=1S/C14H27N3O3/c1-3-9(2)12(17-14(15)20)13(19)16-11-7-5-4-6-10(11)8-18/h9-12,18H,3-8H2,1-2H3,(H,16,19)(H3,15,17,20). The smallest absolute Gasteiger partial charge is 0.312 e. The number of primary amides is 1. The van der Waals surface area contributed by atoms with Crippen molar-refractivity contribution in [3.63, 3.8) is 0 Å². The van der Waals surface area contributed by atoms with Crippen molar-refractivity contribution < 1.29 is 14.7 Å². The van der Waals surface area contributed by atoms with E-state index in [1.165, 1.54) is 0 Å². The summed E-state index contributed by atoms with van der Waals surface area (Å²) in [6, 6.07) is -1.31. The van der Waals surface area contributed by atoms with Crippen molar-refractivity contribution in [3.05, 3.63) is 0 Å². The third kappa shape index (κ3) is 4.67. The molecule has 4 unspecified atom stereocenters. The van der Waals surface area contributed by atoms with Crippen LogP contribution in [0.5, 0.6) is 0 Å². The first-order chi connectivity index (χ1) is 9.49. The van der Waals surface area contributed by atoms with Gasteiger partial charge in [0.2, 0.25) is 5.91 Å². The van der Waals surface area contributed by atoms with Gasteiger partial charge in [0.05, 0.1) is 0 Å². The molecule has 1 aliphatic rings. The molecular weight excluding hydrogens is 258 g/mol. The Morgan fingerprint density at radius 3 is 2.55 bits per heavy atom. The Morgan fingerprint density at radius 2 is 2.00 bits per heavy atom. The van der Waals surface area contributed by atoms with Crippen LogP contribution >= 0.6 is 0 Å². The molecule has 6 heteroatoms. The minimum atomic E-state index is -0.687. The van der Waals surface area contributed by atoms with Crippen LogP contribution in [0, 0.1) is 11.8 Å². The van der Waals surface area contributed by atoms with Gasteiger partial charge in [0.15, 0.2) is 0 Å². The van der Waals surface area contributed by atoms with Gasteiger partial charge < -0.3 is 21.5 Å². The van der Waals surface area contributed by atoms with E-state index in [0.717, 1.165) is 32.1 Å². The summed E-state index contributed by atoms with van der Waals surface area (Å²) < 4.78 is 0. The normalized spacial score (nSPS) is 25.6. The van der Waals surface area contributed by atoms with E-state index in [2.05, 4.69) is 10.6 Å². The number of urea groups is 1. The molecule has 1 aliphatic carbocycles. The van der Waals surface area contributed by atoms with Gasteiger partial charge in [-0.1, -0.05) is 33.1 Å². The van der Waals surface area contributed by atoms with Crippen molar-refractivity contribution in [3.8, 4) is 0 Å². The highest BCUT2D eigenvalue weighted by Crippen LogP contribution is 2.24. The van der Waals surface area contributed by atoms with Crippen molar-refractivity contribution in [2.45, 2.75) is 58.0 Å². The van der Waals surface area contributed by atoms with E-state index < -0.39 is 12.1 Å². The summed E-state index contributed by atoms with van der Waals surface area (Å²) in [4.78, 5) is 23.4. The second-order valence-corrected chi connectivity index (χ2v) is 5.71. The first-order valence-electron chi connectivity index (χ1n) is 7.46. The Hall–Kier alpha value is -1.30. The number of nitrogens with two attached hydrogens (primary N) is 1. The van der Waals surface area contributed by atoms with Crippen LogP contribution in [-0.4, -0.2) is 35.7 Å². The lowest BCUT2D eigenvalue weighted by Crippen LogP contribution is -2.55. The quantitative estimate of drug-likeness (QED) is 0.578. The van der Waals surface area contributed by atoms with E-state index in [1.54, 1.807) is 0 Å². The molecule has 20 heavy (non-hydrogen) atoms. The lowest BCUT2D eigenvalue weighted by Gasteiger charge is -2.33. The Bertz CT molecular complexity index is 336. The molecule has 5 N–H and O–H groups in total. The number of aliphatic hydroxyl groups is 1. The van der Waals surface area contributed by atoms with Crippen molar-refractivity contribution in [1.29, 1.82) is 0 Å². The molecule has 1 fully saturated rings. The minimum Gasteiger partial charge on any atom is -0.396 e. The molecule has 0 radical (unpaired) electrons. The van der Waals surface area contributed by atoms with Crippen LogP contribution < -0.4 is 16.4 Å². The van der Waals surface area contributed by atoms with Crippen molar-refractivity contribution in [2.24, 2.45) is 17.6 Å². The monoisotopic (exact) mass is 285 g/mol. The molecule has 1 rings (SSSR count). The third-order valence-corrected chi connectivity index (χ3v) is 4.26. The predicted octanol–water partition coefficient (Wildman–Crippen LogP) is 0.737. The fourth-order valence-electron chi connectivity index (χ4n) is 2.74. The molecule has 0 aromatic heterocycles. The maximum absolute atomic E-state index is 12.3. The predicted molar refractivity (Wildman–Crippen MR) is 76.9 cm³/mol. The number of carbonyl (C=O) groups is 2. The maximum atomic E-state index is 12.3. The topological polar surface area (TPSA) is 104 Å². The number of amides is 3. The molecule has 0 aromatic rings. The Morgan fingerprint density at radius 1 is 1.35 bits per heavy atom. The van der Waals surface area contributed by atoms with E-state index in [9.17, 15) is 14.7 Å². The van der Waals surface area contributed by atoms with Gasteiger partial charge in [-0.15, -0.1) is 0 Å². The first kappa shape index (κ1) is 16.8. The second kappa shape index (κ2) is 8.09. The zero-order chi connectivity index (χ0) is 15.1. The largest absolute Gasteiger partial charge is 0.396 e. The molecular formula is C14H27N3O3. The summed E-state index contributed by atoms with van der Waals surface area (Å²) >= 11 is 0. The zero-order valence-electron chi connectivity index (χ0n) is 12.4. The van der Waals surface area contributed by atoms with E-state index in [0.29, 0.717) is 0 Å². The molecule has 116 valence electrons. The number of hydrogen-bond acceptors (Lipinski definition) is 3. The fourth-order valence-corrected chi connectivity index (χ4v) is 2.74. The van der Waals surface area contributed by atoms with Gasteiger partial charge >= 0.3 is 6.03 Å². The number of nitrogens with one attached hydrogen (secondary N) is 2. The summed E-state index contributed by atoms with van der Waals surface area (Å²) in [7, 11) is 0. The molecule has 0 aliphatic heterocycles. The zero-order valence-corrected chi connectivity index (χ0v) is 12.4. The van der Waals surface area contributed by atoms with Crippen LogP contribution in [0.15, 0.2) is 0 Å². The molecule has 0 bridgehead atoms. The van der Waals surface area contributed by atoms with E-state index in [-0.39, 0.29) is 30.4 Å². The highest BCUT2D eigenvalue weighted by atomic mass is 16.3. The molecule has 0 spiro atoms. The Labute approximate surface area is 120 Å². The maximum Gasteiger partial charge on any atom is 0.312 e. The minimum absolute atomic E-state index is 0.0116. The Balaban J connectivity index is 2.66. The molecule has 1 saturated carbocycles. The van der Waals surface area contributed by atoms with Gasteiger partial charge in [0.25, 0.3) is 0 Å². The van der Waals surface area contributed by atoms with Gasteiger partial charge in [0.1, 0.15) is 6.04 Å². The number of rotatable bonds is 6. The van der Waals surface area contributed by atoms with Crippen LogP contribution in [0.2, 0.25) is 0 Å². The van der Waals surface area contributed by atoms with E-state index >= 15 is 0 Å². The van der Waals surface area contributed by atoms with Gasteiger partial charge in [-0.05, 0) is 18.8 Å². The van der Waals surface area contributed by atoms with Gasteiger partial charge in [-0.2, -0.15) is 0 Å². The Kier molecular flexibility index (Phi) is 6.78. The van der Waals surface area contributed by atoms with Crippen molar-refractivity contribution in [1.82, 2.24) is 10.6 Å². The van der Waals surface area contributed by atoms with Crippen LogP contribution in [0.4, 0.5) is 4.79 Å². The molecule has 0 saturated heterocycles. The van der Waals surface area contributed by atoms with Gasteiger partial charge in [-0.25, -0.2) is 4.79 Å². The highest BCUT2D eigenvalue weighted by molar-refractivity contribution is 5.87. The number of aliphatic hydroxyl groups excluding tert-OH is 1. The summed E-state index contributed by atoms with van der Waals surface area (Å²) in [6.07, 6.45) is 4.72. The van der Waals surface area contributed by atoms with Crippen molar-refractivity contribution >= 4 is 11.9 Å². The SMILES string of the molecule is CCC(C)C(NC(N)=O)C(=O)NC1CCCCC1CO. The summed E-state index contributed by atoms with van der Waals surface area (Å²) in [6.45, 7) is 3.96. The first-order valence-corrected chi connectivity index (χ1v) is 7.46. The second-order valence-electron chi connectivity index (χ2n) is 5.71. The van der Waals surface area contributed by atoms with E-state index in [1.807, 2.05) is 13.8 Å². The lowest BCUT2D eigenvalue weighted by atomic mass is 9.84. The van der Waals surface area contributed by atoms with Crippen LogP contribution in [0.1, 0.15) is 46.0 Å². The average molecular weight is 285 g/mol. The van der Waals surface area contributed by atoms with E-state index in [4.69, 9.17) is 5.73 Å². The average Bonchev–Trinajstić information content (AvgIpc) is 2.44. The van der Waals surface area contributed by atoms with Crippen LogP contribution in [-0.2, 0) is 4.79 Å². The third-order valence-electron chi connectivity index (χ3n) is 4.26. The lowest BCUT2D eigenvalue weighted by molar-refractivity contribution is -0.125. The molecule has 3 amide bonds. The van der Waals surface area contributed by atoms with Gasteiger partial charge in [0, 0.05) is 18.6 Å². The summed E-state index contributed by atoms with van der Waals surface area (Å²) in [5, 5.41) is 14.9.